The van der Waals surface area contributed by atoms with Gasteiger partial charge in [-0.2, -0.15) is 0 Å². The van der Waals surface area contributed by atoms with Crippen LogP contribution in [-0.2, 0) is 5.41 Å². The minimum absolute atomic E-state index is 0.433. The lowest BCUT2D eigenvalue weighted by atomic mass is 9.66. The number of hydrogen-bond donors (Lipinski definition) is 0. The van der Waals surface area contributed by atoms with Crippen molar-refractivity contribution in [3.63, 3.8) is 0 Å². The summed E-state index contributed by atoms with van der Waals surface area (Å²) in [5.41, 5.74) is 14.8. The third kappa shape index (κ3) is 3.89. The van der Waals surface area contributed by atoms with E-state index in [9.17, 15) is 0 Å². The molecule has 0 radical (unpaired) electrons. The average molecular weight is 573 g/mol. The number of hydrogen-bond acceptors (Lipinski definition) is 2. The molecule has 0 N–H and O–H groups in total. The Labute approximate surface area is 263 Å². The zero-order valence-corrected chi connectivity index (χ0v) is 24.6. The summed E-state index contributed by atoms with van der Waals surface area (Å²) in [6, 6.07) is 56.4. The predicted molar refractivity (Wildman–Crippen MR) is 185 cm³/mol. The number of benzene rings is 6. The Morgan fingerprint density at radius 1 is 0.356 bits per heavy atom. The number of aromatic nitrogens is 2. The van der Waals surface area contributed by atoms with Crippen molar-refractivity contribution in [1.82, 2.24) is 9.97 Å². The first-order valence-corrected chi connectivity index (χ1v) is 15.4. The minimum Gasteiger partial charge on any atom is -0.228 e. The fourth-order valence-electron chi connectivity index (χ4n) is 7.38. The van der Waals surface area contributed by atoms with Crippen molar-refractivity contribution >= 4 is 12.2 Å². The first kappa shape index (κ1) is 25.6. The third-order valence-corrected chi connectivity index (χ3v) is 9.34. The molecular weight excluding hydrogens is 544 g/mol. The molecule has 210 valence electrons. The second-order valence-electron chi connectivity index (χ2n) is 11.8. The van der Waals surface area contributed by atoms with Crippen LogP contribution in [0, 0.1) is 0 Å². The summed E-state index contributed by atoms with van der Waals surface area (Å²) < 4.78 is 0. The molecule has 0 saturated carbocycles. The molecule has 2 aliphatic carbocycles. The lowest BCUT2D eigenvalue weighted by molar-refractivity contribution is 0.766. The van der Waals surface area contributed by atoms with E-state index in [1.165, 1.54) is 44.5 Å². The van der Waals surface area contributed by atoms with Crippen LogP contribution >= 0.6 is 0 Å². The fraction of sp³-hybridized carbons (Fsp3) is 0.0233. The minimum atomic E-state index is -0.433. The Morgan fingerprint density at radius 3 is 1.53 bits per heavy atom. The standard InChI is InChI=1S/C43H28N2/c1-3-15-31(16-4-1)40-28-41(45-42(44-40)32-17-5-2-6-18-32)33-25-26-39-35(27-33)34-19-9-12-22-38(34)43(39)36-20-10-7-13-29(36)23-24-30-14-8-11-21-37(30)43/h1-28H. The highest BCUT2D eigenvalue weighted by Gasteiger charge is 2.48. The highest BCUT2D eigenvalue weighted by atomic mass is 14.9. The highest BCUT2D eigenvalue weighted by molar-refractivity contribution is 5.92. The Hall–Kier alpha value is -5.86. The van der Waals surface area contributed by atoms with Gasteiger partial charge >= 0.3 is 0 Å². The Kier molecular flexibility index (Phi) is 5.76. The van der Waals surface area contributed by atoms with E-state index in [4.69, 9.17) is 9.97 Å². The van der Waals surface area contributed by atoms with Crippen LogP contribution < -0.4 is 0 Å². The van der Waals surface area contributed by atoms with Crippen LogP contribution in [-0.4, -0.2) is 9.97 Å². The van der Waals surface area contributed by atoms with Crippen molar-refractivity contribution in [2.24, 2.45) is 0 Å². The molecule has 2 aliphatic rings. The normalized spacial score (nSPS) is 13.4. The van der Waals surface area contributed by atoms with E-state index in [0.29, 0.717) is 0 Å². The van der Waals surface area contributed by atoms with Crippen LogP contribution in [0.15, 0.2) is 158 Å². The van der Waals surface area contributed by atoms with E-state index in [1.54, 1.807) is 0 Å². The number of rotatable bonds is 3. The van der Waals surface area contributed by atoms with Crippen molar-refractivity contribution < 1.29 is 0 Å². The first-order valence-electron chi connectivity index (χ1n) is 15.4. The largest absolute Gasteiger partial charge is 0.228 e. The monoisotopic (exact) mass is 572 g/mol. The number of fused-ring (bicyclic) bond motifs is 9. The van der Waals surface area contributed by atoms with E-state index in [-0.39, 0.29) is 0 Å². The maximum Gasteiger partial charge on any atom is 0.160 e. The van der Waals surface area contributed by atoms with E-state index < -0.39 is 5.41 Å². The van der Waals surface area contributed by atoms with Crippen molar-refractivity contribution in [3.05, 3.63) is 191 Å². The molecule has 0 bridgehead atoms. The van der Waals surface area contributed by atoms with E-state index in [0.717, 1.165) is 33.9 Å². The van der Waals surface area contributed by atoms with Crippen LogP contribution in [0.3, 0.4) is 0 Å². The third-order valence-electron chi connectivity index (χ3n) is 9.34. The molecule has 1 spiro atoms. The predicted octanol–water partition coefficient (Wildman–Crippen LogP) is 10.3. The van der Waals surface area contributed by atoms with Crippen molar-refractivity contribution in [2.45, 2.75) is 5.41 Å². The second kappa shape index (κ2) is 10.1. The fourth-order valence-corrected chi connectivity index (χ4v) is 7.38. The van der Waals surface area contributed by atoms with Crippen molar-refractivity contribution in [3.8, 4) is 45.0 Å². The number of nitrogens with zero attached hydrogens (tertiary/aromatic N) is 2. The molecule has 0 atom stereocenters. The van der Waals surface area contributed by atoms with Gasteiger partial charge in [0.1, 0.15) is 0 Å². The molecule has 2 nitrogen and oxygen atoms in total. The van der Waals surface area contributed by atoms with Gasteiger partial charge in [0.2, 0.25) is 0 Å². The van der Waals surface area contributed by atoms with Gasteiger partial charge in [0.15, 0.2) is 5.82 Å². The van der Waals surface area contributed by atoms with E-state index in [2.05, 4.69) is 146 Å². The van der Waals surface area contributed by atoms with E-state index >= 15 is 0 Å². The lowest BCUT2D eigenvalue weighted by Gasteiger charge is -2.35. The Bertz CT molecular complexity index is 2160. The zero-order chi connectivity index (χ0) is 29.8. The molecule has 0 unspecified atom stereocenters. The molecule has 2 heteroatoms. The quantitative estimate of drug-likeness (QED) is 0.210. The molecule has 0 saturated heterocycles. The zero-order valence-electron chi connectivity index (χ0n) is 24.6. The van der Waals surface area contributed by atoms with Gasteiger partial charge in [0, 0.05) is 16.7 Å². The SMILES string of the molecule is C1=Cc2ccccc2C2(c3ccccc31)c1ccccc1-c1cc(-c3cc(-c4ccccc4)nc(-c4ccccc4)n3)ccc12. The maximum absolute atomic E-state index is 5.15. The summed E-state index contributed by atoms with van der Waals surface area (Å²) in [5, 5.41) is 0. The summed E-state index contributed by atoms with van der Waals surface area (Å²) in [5.74, 6) is 0.724. The highest BCUT2D eigenvalue weighted by Crippen LogP contribution is 2.58. The molecule has 1 aromatic heterocycles. The molecule has 45 heavy (non-hydrogen) atoms. The Balaban J connectivity index is 1.31. The van der Waals surface area contributed by atoms with Gasteiger partial charge in [0.25, 0.3) is 0 Å². The molecule has 1 heterocycles. The molecule has 0 aliphatic heterocycles. The lowest BCUT2D eigenvalue weighted by Crippen LogP contribution is -2.29. The molecule has 0 fully saturated rings. The summed E-state index contributed by atoms with van der Waals surface area (Å²) in [4.78, 5) is 10.2. The maximum atomic E-state index is 5.15. The summed E-state index contributed by atoms with van der Waals surface area (Å²) >= 11 is 0. The molecule has 0 amide bonds. The summed E-state index contributed by atoms with van der Waals surface area (Å²) in [6.45, 7) is 0. The molecule has 9 rings (SSSR count). The van der Waals surface area contributed by atoms with Gasteiger partial charge in [-0.15, -0.1) is 0 Å². The van der Waals surface area contributed by atoms with Gasteiger partial charge in [0.05, 0.1) is 16.8 Å². The Morgan fingerprint density at radius 2 is 0.867 bits per heavy atom. The molecule has 6 aromatic carbocycles. The summed E-state index contributed by atoms with van der Waals surface area (Å²) in [7, 11) is 0. The topological polar surface area (TPSA) is 25.8 Å². The van der Waals surface area contributed by atoms with Crippen molar-refractivity contribution in [2.75, 3.05) is 0 Å². The van der Waals surface area contributed by atoms with Crippen LogP contribution in [0.25, 0.3) is 57.2 Å². The molecular formula is C43H28N2. The van der Waals surface area contributed by atoms with Gasteiger partial charge in [-0.05, 0) is 56.6 Å². The summed E-state index contributed by atoms with van der Waals surface area (Å²) in [6.07, 6.45) is 4.55. The average Bonchev–Trinajstić information content (AvgIpc) is 3.32. The van der Waals surface area contributed by atoms with Crippen molar-refractivity contribution in [1.29, 1.82) is 0 Å². The first-order chi connectivity index (χ1) is 22.3. The van der Waals surface area contributed by atoms with Crippen LogP contribution in [0.5, 0.6) is 0 Å². The van der Waals surface area contributed by atoms with Gasteiger partial charge < -0.3 is 0 Å². The van der Waals surface area contributed by atoms with Gasteiger partial charge in [-0.3, -0.25) is 0 Å². The van der Waals surface area contributed by atoms with Crippen LogP contribution in [0.2, 0.25) is 0 Å². The van der Waals surface area contributed by atoms with Gasteiger partial charge in [-0.1, -0.05) is 158 Å². The second-order valence-corrected chi connectivity index (χ2v) is 11.8. The smallest absolute Gasteiger partial charge is 0.160 e. The van der Waals surface area contributed by atoms with Crippen LogP contribution in [0.1, 0.15) is 33.4 Å². The van der Waals surface area contributed by atoms with E-state index in [1.807, 2.05) is 24.3 Å². The molecule has 7 aromatic rings. The van der Waals surface area contributed by atoms with Gasteiger partial charge in [-0.25, -0.2) is 9.97 Å². The van der Waals surface area contributed by atoms with Crippen LogP contribution in [0.4, 0.5) is 0 Å².